The molecule has 7 nitrogen and oxygen atoms in total. The third-order valence-electron chi connectivity index (χ3n) is 3.86. The van der Waals surface area contributed by atoms with Crippen LogP contribution >= 0.6 is 15.9 Å². The van der Waals surface area contributed by atoms with Crippen LogP contribution in [0.1, 0.15) is 13.8 Å². The molecule has 1 aliphatic carbocycles. The minimum atomic E-state index is -2.35. The fourth-order valence-corrected chi connectivity index (χ4v) is 2.69. The van der Waals surface area contributed by atoms with Gasteiger partial charge in [-0.3, -0.25) is 0 Å². The summed E-state index contributed by atoms with van der Waals surface area (Å²) < 4.78 is 4.38. The second kappa shape index (κ2) is 4.39. The van der Waals surface area contributed by atoms with Crippen LogP contribution in [-0.2, 0) is 9.53 Å². The van der Waals surface area contributed by atoms with E-state index in [1.165, 1.54) is 13.8 Å². The molecule has 18 heavy (non-hydrogen) atoms. The predicted molar refractivity (Wildman–Crippen MR) is 62.6 cm³/mol. The molecule has 1 saturated carbocycles. The van der Waals surface area contributed by atoms with Crippen LogP contribution < -0.4 is 0 Å². The monoisotopic (exact) mass is 328 g/mol. The van der Waals surface area contributed by atoms with Gasteiger partial charge in [0, 0.05) is 5.41 Å². The molecule has 8 heteroatoms. The Morgan fingerprint density at radius 3 is 2.00 bits per heavy atom. The van der Waals surface area contributed by atoms with Crippen molar-refractivity contribution in [2.24, 2.45) is 5.41 Å². The number of aliphatic hydroxyl groups excluding tert-OH is 3. The normalized spacial score (nSPS) is 38.7. The fraction of sp³-hybridized carbons (Fsp3) is 0.900. The largest absolute Gasteiger partial charge is 0.467 e. The van der Waals surface area contributed by atoms with Crippen molar-refractivity contribution in [1.29, 1.82) is 0 Å². The third-order valence-corrected chi connectivity index (χ3v) is 4.40. The van der Waals surface area contributed by atoms with Crippen molar-refractivity contribution in [2.75, 3.05) is 7.11 Å². The summed E-state index contributed by atoms with van der Waals surface area (Å²) in [6.07, 6.45) is -3.72. The van der Waals surface area contributed by atoms with Crippen LogP contribution in [0.3, 0.4) is 0 Å². The molecule has 0 spiro atoms. The lowest BCUT2D eigenvalue weighted by atomic mass is 9.98. The van der Waals surface area contributed by atoms with Crippen molar-refractivity contribution < 1.29 is 35.1 Å². The topological polar surface area (TPSA) is 127 Å². The number of esters is 1. The number of alkyl halides is 1. The lowest BCUT2D eigenvalue weighted by Crippen LogP contribution is -2.50. The van der Waals surface area contributed by atoms with E-state index < -0.39 is 39.8 Å². The summed E-state index contributed by atoms with van der Waals surface area (Å²) in [5.41, 5.74) is -6.10. The molecule has 0 radical (unpaired) electrons. The summed E-state index contributed by atoms with van der Waals surface area (Å²) in [6, 6.07) is 0. The first kappa shape index (κ1) is 15.8. The van der Waals surface area contributed by atoms with E-state index in [1.807, 2.05) is 0 Å². The van der Waals surface area contributed by atoms with Crippen LogP contribution in [0.15, 0.2) is 0 Å². The van der Waals surface area contributed by atoms with Gasteiger partial charge in [-0.25, -0.2) is 4.79 Å². The molecule has 0 aliphatic heterocycles. The van der Waals surface area contributed by atoms with Crippen molar-refractivity contribution in [3.8, 4) is 0 Å². The van der Waals surface area contributed by atoms with Gasteiger partial charge in [0.15, 0.2) is 0 Å². The molecule has 5 N–H and O–H groups in total. The van der Waals surface area contributed by atoms with E-state index in [-0.39, 0.29) is 0 Å². The maximum atomic E-state index is 11.5. The average molecular weight is 329 g/mol. The Balaban J connectivity index is 3.12. The van der Waals surface area contributed by atoms with Crippen molar-refractivity contribution in [3.63, 3.8) is 0 Å². The second-order valence-electron chi connectivity index (χ2n) is 4.90. The van der Waals surface area contributed by atoms with E-state index in [0.717, 1.165) is 7.11 Å². The molecule has 0 aromatic carbocycles. The van der Waals surface area contributed by atoms with Gasteiger partial charge in [-0.1, -0.05) is 29.8 Å². The maximum Gasteiger partial charge on any atom is 0.341 e. The number of rotatable bonds is 4. The van der Waals surface area contributed by atoms with E-state index >= 15 is 0 Å². The van der Waals surface area contributed by atoms with Gasteiger partial charge in [-0.2, -0.15) is 0 Å². The van der Waals surface area contributed by atoms with E-state index in [9.17, 15) is 25.2 Å². The molecule has 0 amide bonds. The average Bonchev–Trinajstić information content (AvgIpc) is 2.67. The summed E-state index contributed by atoms with van der Waals surface area (Å²) >= 11 is 2.63. The highest BCUT2D eigenvalue weighted by Crippen LogP contribution is 2.67. The van der Waals surface area contributed by atoms with Crippen LogP contribution in [0.25, 0.3) is 0 Å². The van der Waals surface area contributed by atoms with E-state index in [2.05, 4.69) is 20.7 Å². The summed E-state index contributed by atoms with van der Waals surface area (Å²) in [6.45, 7) is 2.67. The lowest BCUT2D eigenvalue weighted by molar-refractivity contribution is -0.168. The van der Waals surface area contributed by atoms with Crippen LogP contribution in [0, 0.1) is 5.41 Å². The quantitative estimate of drug-likeness (QED) is 0.301. The van der Waals surface area contributed by atoms with Gasteiger partial charge in [-0.15, -0.1) is 0 Å². The van der Waals surface area contributed by atoms with Gasteiger partial charge >= 0.3 is 5.97 Å². The Morgan fingerprint density at radius 1 is 1.22 bits per heavy atom. The molecular weight excluding hydrogens is 312 g/mol. The van der Waals surface area contributed by atoms with E-state index in [1.54, 1.807) is 0 Å². The first-order valence-corrected chi connectivity index (χ1v) is 6.13. The number of halogens is 1. The fourth-order valence-electron chi connectivity index (χ4n) is 2.40. The van der Waals surface area contributed by atoms with Gasteiger partial charge in [0.05, 0.1) is 7.11 Å². The molecular formula is C10H17BrO7. The Kier molecular flexibility index (Phi) is 3.86. The highest BCUT2D eigenvalue weighted by molar-refractivity contribution is 9.09. The molecule has 1 aliphatic rings. The zero-order chi connectivity index (χ0) is 14.5. The summed E-state index contributed by atoms with van der Waals surface area (Å²) in [4.78, 5) is 11.5. The highest BCUT2D eigenvalue weighted by atomic mass is 79.9. The van der Waals surface area contributed by atoms with Crippen molar-refractivity contribution in [2.45, 2.75) is 42.3 Å². The Bertz CT molecular complexity index is 358. The summed E-state index contributed by atoms with van der Waals surface area (Å²) in [5, 5.41) is 47.4. The first-order valence-electron chi connectivity index (χ1n) is 5.21. The van der Waals surface area contributed by atoms with E-state index in [4.69, 9.17) is 5.11 Å². The molecule has 0 aromatic rings. The molecule has 1 rings (SSSR count). The molecule has 0 bridgehead atoms. The van der Waals surface area contributed by atoms with Gasteiger partial charge in [0.25, 0.3) is 0 Å². The van der Waals surface area contributed by atoms with Gasteiger partial charge < -0.3 is 30.3 Å². The number of ether oxygens (including phenoxy) is 1. The molecule has 0 saturated heterocycles. The maximum absolute atomic E-state index is 11.5. The molecule has 5 atom stereocenters. The Hall–Kier alpha value is -0.250. The van der Waals surface area contributed by atoms with Crippen LogP contribution in [-0.4, -0.2) is 67.0 Å². The molecule has 1 unspecified atom stereocenters. The second-order valence-corrected chi connectivity index (χ2v) is 5.84. The number of carbonyl (C=O) groups is 1. The zero-order valence-corrected chi connectivity index (χ0v) is 11.7. The van der Waals surface area contributed by atoms with Crippen LogP contribution in [0.4, 0.5) is 0 Å². The summed E-state index contributed by atoms with van der Waals surface area (Å²) in [7, 11) is 1.03. The standard InChI is InChI=1S/C10H17BrO7/c1-8(2)9(16,5(13)4(12)6(11)14)10(8,17)7(15)18-3/h4-6,12-14,16-17H,1-3H3/t4-,5-,6?,9-,10+/m1/s1. The minimum Gasteiger partial charge on any atom is -0.467 e. The minimum absolute atomic E-state index is 1.03. The van der Waals surface area contributed by atoms with Crippen molar-refractivity contribution >= 4 is 21.9 Å². The van der Waals surface area contributed by atoms with Crippen LogP contribution in [0.5, 0.6) is 0 Å². The van der Waals surface area contributed by atoms with Crippen LogP contribution in [0.2, 0.25) is 0 Å². The zero-order valence-electron chi connectivity index (χ0n) is 10.2. The number of carbonyl (C=O) groups excluding carboxylic acids is 1. The van der Waals surface area contributed by atoms with Crippen molar-refractivity contribution in [3.05, 3.63) is 0 Å². The lowest BCUT2D eigenvalue weighted by Gasteiger charge is -2.26. The molecule has 0 heterocycles. The smallest absolute Gasteiger partial charge is 0.341 e. The van der Waals surface area contributed by atoms with E-state index in [0.29, 0.717) is 0 Å². The molecule has 106 valence electrons. The van der Waals surface area contributed by atoms with Gasteiger partial charge in [0.2, 0.25) is 5.60 Å². The van der Waals surface area contributed by atoms with Gasteiger partial charge in [-0.05, 0) is 0 Å². The SMILES string of the molecule is COC(=O)[C@]1(O)C(C)(C)[C@]1(O)[C@H](O)[C@@H](O)C(O)Br. The van der Waals surface area contributed by atoms with Gasteiger partial charge in [0.1, 0.15) is 22.8 Å². The first-order chi connectivity index (χ1) is 8.00. The third kappa shape index (κ3) is 1.57. The predicted octanol–water partition coefficient (Wildman–Crippen LogP) is -1.90. The number of hydrogen-bond donors (Lipinski definition) is 5. The summed E-state index contributed by atoms with van der Waals surface area (Å²) in [5.74, 6) is -1.12. The number of aliphatic hydroxyl groups is 5. The number of hydrogen-bond acceptors (Lipinski definition) is 7. The number of methoxy groups -OCH3 is 1. The molecule has 1 fully saturated rings. The highest BCUT2D eigenvalue weighted by Gasteiger charge is 2.90. The Labute approximate surface area is 112 Å². The van der Waals surface area contributed by atoms with Crippen molar-refractivity contribution in [1.82, 2.24) is 0 Å². The molecule has 0 aromatic heterocycles. The Morgan fingerprint density at radius 2 is 1.67 bits per heavy atom.